The van der Waals surface area contributed by atoms with Crippen molar-refractivity contribution in [2.75, 3.05) is 13.1 Å². The molecule has 1 fully saturated rings. The lowest BCUT2D eigenvalue weighted by atomic mass is 9.82. The Hall–Kier alpha value is -1.59. The molecule has 2 N–H and O–H groups in total. The quantitative estimate of drug-likeness (QED) is 0.829. The number of nitrogens with zero attached hydrogens (tertiary/aromatic N) is 1. The molecule has 1 saturated heterocycles. The van der Waals surface area contributed by atoms with Gasteiger partial charge in [0.25, 0.3) is 0 Å². The number of hydrogen-bond acceptors (Lipinski definition) is 4. The molecular weight excluding hydrogens is 270 g/mol. The number of ether oxygens (including phenoxy) is 1. The van der Waals surface area contributed by atoms with E-state index >= 15 is 0 Å². The zero-order valence-corrected chi connectivity index (χ0v) is 12.7. The van der Waals surface area contributed by atoms with Crippen LogP contribution in [0.25, 0.3) is 0 Å². The molecule has 0 radical (unpaired) electrons. The Bertz CT molecular complexity index is 497. The van der Waals surface area contributed by atoms with Crippen LogP contribution in [0.15, 0.2) is 30.3 Å². The summed E-state index contributed by atoms with van der Waals surface area (Å²) in [5.41, 5.74) is -1.23. The van der Waals surface area contributed by atoms with Crippen molar-refractivity contribution in [2.45, 2.75) is 44.5 Å². The summed E-state index contributed by atoms with van der Waals surface area (Å²) in [6.07, 6.45) is -1.23. The van der Waals surface area contributed by atoms with Crippen molar-refractivity contribution >= 4 is 6.09 Å². The molecule has 1 aliphatic heterocycles. The zero-order chi connectivity index (χ0) is 15.7. The summed E-state index contributed by atoms with van der Waals surface area (Å²) in [6.45, 7) is 5.79. The molecule has 1 heterocycles. The van der Waals surface area contributed by atoms with E-state index in [9.17, 15) is 15.0 Å². The van der Waals surface area contributed by atoms with Crippen molar-refractivity contribution in [3.63, 3.8) is 0 Å². The lowest BCUT2D eigenvalue weighted by Gasteiger charge is -2.42. The van der Waals surface area contributed by atoms with Gasteiger partial charge in [-0.1, -0.05) is 30.3 Å². The van der Waals surface area contributed by atoms with Crippen LogP contribution in [0.2, 0.25) is 0 Å². The summed E-state index contributed by atoms with van der Waals surface area (Å²) in [7, 11) is 0. The number of β-amino-alcohol motifs (C(OH)–C–C–N with tert-alkyl or cyclic N) is 1. The second kappa shape index (κ2) is 5.66. The van der Waals surface area contributed by atoms with Gasteiger partial charge in [-0.25, -0.2) is 4.79 Å². The van der Waals surface area contributed by atoms with Gasteiger partial charge in [-0.3, -0.25) is 0 Å². The third-order valence-electron chi connectivity index (χ3n) is 3.63. The molecule has 0 aromatic heterocycles. The molecule has 2 atom stereocenters. The summed E-state index contributed by atoms with van der Waals surface area (Å²) < 4.78 is 5.29. The Morgan fingerprint density at radius 2 is 1.95 bits per heavy atom. The number of aliphatic hydroxyl groups excluding tert-OH is 1. The van der Waals surface area contributed by atoms with E-state index in [0.29, 0.717) is 12.1 Å². The third kappa shape index (κ3) is 3.54. The number of piperidine rings is 1. The van der Waals surface area contributed by atoms with E-state index in [4.69, 9.17) is 4.74 Å². The molecule has 2 rings (SSSR count). The molecule has 1 aliphatic rings. The monoisotopic (exact) mass is 293 g/mol. The number of amides is 1. The third-order valence-corrected chi connectivity index (χ3v) is 3.63. The largest absolute Gasteiger partial charge is 0.444 e. The first-order chi connectivity index (χ1) is 9.72. The fourth-order valence-electron chi connectivity index (χ4n) is 2.48. The van der Waals surface area contributed by atoms with E-state index in [-0.39, 0.29) is 13.0 Å². The molecule has 116 valence electrons. The van der Waals surface area contributed by atoms with Crippen LogP contribution in [-0.4, -0.2) is 46.0 Å². The van der Waals surface area contributed by atoms with Crippen molar-refractivity contribution in [1.29, 1.82) is 0 Å². The molecule has 1 amide bonds. The number of carbonyl (C=O) groups is 1. The van der Waals surface area contributed by atoms with Crippen LogP contribution >= 0.6 is 0 Å². The number of carbonyl (C=O) groups excluding carboxylic acids is 1. The zero-order valence-electron chi connectivity index (χ0n) is 12.7. The van der Waals surface area contributed by atoms with Crippen LogP contribution in [0.4, 0.5) is 4.79 Å². The van der Waals surface area contributed by atoms with Crippen LogP contribution in [0.1, 0.15) is 32.8 Å². The summed E-state index contributed by atoms with van der Waals surface area (Å²) in [5, 5.41) is 21.0. The fraction of sp³-hybridized carbons (Fsp3) is 0.562. The molecular formula is C16H23NO4. The standard InChI is InChI=1S/C16H23NO4/c1-15(2,3)21-14(19)17-10-9-16(20,13(18)11-17)12-7-5-4-6-8-12/h4-8,13,18,20H,9-11H2,1-3H3/t13-,16?/m1/s1. The molecule has 0 spiro atoms. The SMILES string of the molecule is CC(C)(C)OC(=O)N1CCC(O)(c2ccccc2)[C@H](O)C1. The molecule has 0 saturated carbocycles. The highest BCUT2D eigenvalue weighted by atomic mass is 16.6. The maximum absolute atomic E-state index is 12.0. The average molecular weight is 293 g/mol. The van der Waals surface area contributed by atoms with Gasteiger partial charge in [0.2, 0.25) is 0 Å². The molecule has 1 aromatic rings. The number of hydrogen-bond donors (Lipinski definition) is 2. The molecule has 5 nitrogen and oxygen atoms in total. The highest BCUT2D eigenvalue weighted by Gasteiger charge is 2.43. The van der Waals surface area contributed by atoms with Gasteiger partial charge in [0, 0.05) is 13.0 Å². The van der Waals surface area contributed by atoms with E-state index in [1.807, 2.05) is 18.2 Å². The van der Waals surface area contributed by atoms with Gasteiger partial charge < -0.3 is 19.8 Å². The van der Waals surface area contributed by atoms with E-state index in [2.05, 4.69) is 0 Å². The summed E-state index contributed by atoms with van der Waals surface area (Å²) in [6, 6.07) is 9.06. The minimum absolute atomic E-state index is 0.0559. The van der Waals surface area contributed by atoms with Gasteiger partial charge in [-0.05, 0) is 26.3 Å². The van der Waals surface area contributed by atoms with Crippen molar-refractivity contribution < 1.29 is 19.7 Å². The van der Waals surface area contributed by atoms with E-state index in [0.717, 1.165) is 0 Å². The van der Waals surface area contributed by atoms with Crippen molar-refractivity contribution in [3.8, 4) is 0 Å². The van der Waals surface area contributed by atoms with Crippen LogP contribution < -0.4 is 0 Å². The number of aliphatic hydroxyl groups is 2. The molecule has 0 aliphatic carbocycles. The Morgan fingerprint density at radius 3 is 2.48 bits per heavy atom. The number of benzene rings is 1. The first-order valence-corrected chi connectivity index (χ1v) is 7.16. The highest BCUT2D eigenvalue weighted by Crippen LogP contribution is 2.33. The Labute approximate surface area is 125 Å². The first-order valence-electron chi connectivity index (χ1n) is 7.16. The van der Waals surface area contributed by atoms with Crippen molar-refractivity contribution in [1.82, 2.24) is 4.90 Å². The Morgan fingerprint density at radius 1 is 1.33 bits per heavy atom. The topological polar surface area (TPSA) is 70.0 Å². The smallest absolute Gasteiger partial charge is 0.410 e. The van der Waals surface area contributed by atoms with Gasteiger partial charge in [0.15, 0.2) is 0 Å². The normalized spacial score (nSPS) is 26.5. The molecule has 0 bridgehead atoms. The van der Waals surface area contributed by atoms with Crippen molar-refractivity contribution in [2.24, 2.45) is 0 Å². The minimum atomic E-state index is -1.32. The summed E-state index contributed by atoms with van der Waals surface area (Å²) in [5.74, 6) is 0. The predicted molar refractivity (Wildman–Crippen MR) is 78.8 cm³/mol. The van der Waals surface area contributed by atoms with Crippen LogP contribution in [0.5, 0.6) is 0 Å². The first kappa shape index (κ1) is 15.8. The van der Waals surface area contributed by atoms with Gasteiger partial charge in [-0.15, -0.1) is 0 Å². The molecule has 5 heteroatoms. The van der Waals surface area contributed by atoms with E-state index in [1.165, 1.54) is 4.90 Å². The number of rotatable bonds is 1. The van der Waals surface area contributed by atoms with Crippen molar-refractivity contribution in [3.05, 3.63) is 35.9 Å². The van der Waals surface area contributed by atoms with Crippen LogP contribution in [0.3, 0.4) is 0 Å². The van der Waals surface area contributed by atoms with E-state index in [1.54, 1.807) is 32.9 Å². The second-order valence-corrected chi connectivity index (χ2v) is 6.48. The maximum Gasteiger partial charge on any atom is 0.410 e. The van der Waals surface area contributed by atoms with Gasteiger partial charge in [0.1, 0.15) is 17.3 Å². The second-order valence-electron chi connectivity index (χ2n) is 6.48. The maximum atomic E-state index is 12.0. The Balaban J connectivity index is 2.07. The molecule has 1 unspecified atom stereocenters. The van der Waals surface area contributed by atoms with Gasteiger partial charge in [-0.2, -0.15) is 0 Å². The minimum Gasteiger partial charge on any atom is -0.444 e. The molecule has 1 aromatic carbocycles. The van der Waals surface area contributed by atoms with Crippen LogP contribution in [0, 0.1) is 0 Å². The lowest BCUT2D eigenvalue weighted by molar-refractivity contribution is -0.123. The highest BCUT2D eigenvalue weighted by molar-refractivity contribution is 5.68. The summed E-state index contributed by atoms with van der Waals surface area (Å²) >= 11 is 0. The number of likely N-dealkylation sites (tertiary alicyclic amines) is 1. The van der Waals surface area contributed by atoms with E-state index < -0.39 is 23.4 Å². The summed E-state index contributed by atoms with van der Waals surface area (Å²) in [4.78, 5) is 13.5. The Kier molecular flexibility index (Phi) is 4.25. The lowest BCUT2D eigenvalue weighted by Crippen LogP contribution is -2.55. The molecule has 21 heavy (non-hydrogen) atoms. The van der Waals surface area contributed by atoms with Gasteiger partial charge >= 0.3 is 6.09 Å². The fourth-order valence-corrected chi connectivity index (χ4v) is 2.48. The van der Waals surface area contributed by atoms with Gasteiger partial charge in [0.05, 0.1) is 6.54 Å². The predicted octanol–water partition coefficient (Wildman–Crippen LogP) is 1.88. The van der Waals surface area contributed by atoms with Crippen LogP contribution in [-0.2, 0) is 10.3 Å². The average Bonchev–Trinajstić information content (AvgIpc) is 2.41.